The number of nitrogens with one attached hydrogen (secondary N) is 1. The van der Waals surface area contributed by atoms with Gasteiger partial charge in [0, 0.05) is 12.3 Å². The lowest BCUT2D eigenvalue weighted by atomic mass is 9.91. The summed E-state index contributed by atoms with van der Waals surface area (Å²) in [6.07, 6.45) is 1.58. The van der Waals surface area contributed by atoms with Gasteiger partial charge in [0.1, 0.15) is 5.75 Å². The third kappa shape index (κ3) is 2.82. The maximum atomic E-state index is 11.6. The summed E-state index contributed by atoms with van der Waals surface area (Å²) in [7, 11) is 1.56. The predicted octanol–water partition coefficient (Wildman–Crippen LogP) is 1.94. The average molecular weight is 268 g/mol. The molecule has 0 radical (unpaired) electrons. The number of imide groups is 1. The molecule has 1 atom stereocenters. The van der Waals surface area contributed by atoms with Gasteiger partial charge in [0.2, 0.25) is 11.8 Å². The van der Waals surface area contributed by atoms with E-state index >= 15 is 0 Å². The van der Waals surface area contributed by atoms with Crippen molar-refractivity contribution >= 4 is 23.4 Å². The molecule has 0 aromatic heterocycles. The fourth-order valence-electron chi connectivity index (χ4n) is 2.05. The highest BCUT2D eigenvalue weighted by Gasteiger charge is 2.26. The lowest BCUT2D eigenvalue weighted by Gasteiger charge is -2.20. The largest absolute Gasteiger partial charge is 0.495 e. The first-order valence-electron chi connectivity index (χ1n) is 5.76. The van der Waals surface area contributed by atoms with Crippen molar-refractivity contribution in [2.24, 2.45) is 5.92 Å². The molecule has 0 spiro atoms. The van der Waals surface area contributed by atoms with Crippen molar-refractivity contribution in [3.63, 3.8) is 0 Å². The summed E-state index contributed by atoms with van der Waals surface area (Å²) in [6.45, 7) is 0. The molecule has 1 N–H and O–H groups in total. The minimum atomic E-state index is -0.196. The van der Waals surface area contributed by atoms with Crippen LogP contribution in [0.1, 0.15) is 18.4 Å². The molecule has 2 amide bonds. The molecule has 1 saturated heterocycles. The van der Waals surface area contributed by atoms with Crippen molar-refractivity contribution in [3.05, 3.63) is 28.8 Å². The van der Waals surface area contributed by atoms with E-state index in [1.54, 1.807) is 19.2 Å². The van der Waals surface area contributed by atoms with E-state index in [0.717, 1.165) is 5.56 Å². The van der Waals surface area contributed by atoms with E-state index in [0.29, 0.717) is 30.0 Å². The highest BCUT2D eigenvalue weighted by molar-refractivity contribution is 6.32. The van der Waals surface area contributed by atoms with Crippen molar-refractivity contribution in [1.29, 1.82) is 0 Å². The van der Waals surface area contributed by atoms with Gasteiger partial charge in [0.15, 0.2) is 0 Å². The summed E-state index contributed by atoms with van der Waals surface area (Å²) in [6, 6.07) is 5.46. The van der Waals surface area contributed by atoms with Gasteiger partial charge in [-0.25, -0.2) is 0 Å². The number of hydrogen-bond acceptors (Lipinski definition) is 3. The van der Waals surface area contributed by atoms with E-state index in [-0.39, 0.29) is 17.7 Å². The van der Waals surface area contributed by atoms with Gasteiger partial charge in [-0.05, 0) is 30.5 Å². The first-order valence-corrected chi connectivity index (χ1v) is 6.14. The standard InChI is InChI=1S/C13H14ClNO3/c1-18-11-4-2-8(7-10(11)14)6-9-3-5-12(16)15-13(9)17/h2,4,7,9H,3,5-6H2,1H3,(H,15,16,17). The van der Waals surface area contributed by atoms with Gasteiger partial charge >= 0.3 is 0 Å². The highest BCUT2D eigenvalue weighted by Crippen LogP contribution is 2.27. The van der Waals surface area contributed by atoms with Crippen LogP contribution < -0.4 is 10.1 Å². The molecular formula is C13H14ClNO3. The van der Waals surface area contributed by atoms with E-state index in [9.17, 15) is 9.59 Å². The Hall–Kier alpha value is -1.55. The molecular weight excluding hydrogens is 254 g/mol. The van der Waals surface area contributed by atoms with Crippen LogP contribution in [0.25, 0.3) is 0 Å². The Balaban J connectivity index is 2.07. The van der Waals surface area contributed by atoms with Gasteiger partial charge in [-0.1, -0.05) is 17.7 Å². The SMILES string of the molecule is COc1ccc(CC2CCC(=O)NC2=O)cc1Cl. The average Bonchev–Trinajstić information content (AvgIpc) is 2.33. The molecule has 0 aliphatic carbocycles. The van der Waals surface area contributed by atoms with Crippen LogP contribution in [0.2, 0.25) is 5.02 Å². The summed E-state index contributed by atoms with van der Waals surface area (Å²) in [5.74, 6) is 0.0676. The molecule has 96 valence electrons. The van der Waals surface area contributed by atoms with Gasteiger partial charge in [0.25, 0.3) is 0 Å². The fraction of sp³-hybridized carbons (Fsp3) is 0.385. The number of rotatable bonds is 3. The van der Waals surface area contributed by atoms with Crippen molar-refractivity contribution < 1.29 is 14.3 Å². The zero-order chi connectivity index (χ0) is 13.1. The molecule has 1 heterocycles. The normalized spacial score (nSPS) is 19.6. The Morgan fingerprint density at radius 2 is 2.22 bits per heavy atom. The van der Waals surface area contributed by atoms with Gasteiger partial charge in [0.05, 0.1) is 12.1 Å². The summed E-state index contributed by atoms with van der Waals surface area (Å²) in [4.78, 5) is 22.7. The quantitative estimate of drug-likeness (QED) is 0.852. The van der Waals surface area contributed by atoms with E-state index < -0.39 is 0 Å². The van der Waals surface area contributed by atoms with Gasteiger partial charge in [-0.3, -0.25) is 14.9 Å². The predicted molar refractivity (Wildman–Crippen MR) is 67.6 cm³/mol. The molecule has 0 bridgehead atoms. The number of ether oxygens (including phenoxy) is 1. The first-order chi connectivity index (χ1) is 8.60. The van der Waals surface area contributed by atoms with Crippen molar-refractivity contribution in [3.8, 4) is 5.75 Å². The third-order valence-electron chi connectivity index (χ3n) is 3.05. The topological polar surface area (TPSA) is 55.4 Å². The molecule has 1 aliphatic rings. The molecule has 5 heteroatoms. The first kappa shape index (κ1) is 12.9. The Kier molecular flexibility index (Phi) is 3.87. The molecule has 1 aromatic carbocycles. The zero-order valence-corrected chi connectivity index (χ0v) is 10.8. The fourth-order valence-corrected chi connectivity index (χ4v) is 2.33. The number of hydrogen-bond donors (Lipinski definition) is 1. The monoisotopic (exact) mass is 267 g/mol. The van der Waals surface area contributed by atoms with Crippen LogP contribution >= 0.6 is 11.6 Å². The third-order valence-corrected chi connectivity index (χ3v) is 3.35. The minimum Gasteiger partial charge on any atom is -0.495 e. The number of piperidine rings is 1. The second-order valence-electron chi connectivity index (χ2n) is 4.32. The maximum absolute atomic E-state index is 11.6. The summed E-state index contributed by atoms with van der Waals surface area (Å²) in [5.41, 5.74) is 0.968. The molecule has 1 aliphatic heterocycles. The number of amides is 2. The van der Waals surface area contributed by atoms with Crippen LogP contribution in [0, 0.1) is 5.92 Å². The Morgan fingerprint density at radius 3 is 2.83 bits per heavy atom. The molecule has 1 unspecified atom stereocenters. The van der Waals surface area contributed by atoms with E-state index in [1.807, 2.05) is 6.07 Å². The van der Waals surface area contributed by atoms with Crippen LogP contribution in [0.4, 0.5) is 0 Å². The van der Waals surface area contributed by atoms with E-state index in [1.165, 1.54) is 0 Å². The smallest absolute Gasteiger partial charge is 0.230 e. The van der Waals surface area contributed by atoms with Crippen molar-refractivity contribution in [2.75, 3.05) is 7.11 Å². The van der Waals surface area contributed by atoms with Crippen LogP contribution in [-0.2, 0) is 16.0 Å². The van der Waals surface area contributed by atoms with Gasteiger partial charge in [-0.2, -0.15) is 0 Å². The lowest BCUT2D eigenvalue weighted by molar-refractivity contribution is -0.136. The number of carbonyl (C=O) groups is 2. The molecule has 4 nitrogen and oxygen atoms in total. The van der Waals surface area contributed by atoms with Gasteiger partial charge < -0.3 is 4.74 Å². The molecule has 1 aromatic rings. The molecule has 2 rings (SSSR count). The minimum absolute atomic E-state index is 0.160. The lowest BCUT2D eigenvalue weighted by Crippen LogP contribution is -2.41. The van der Waals surface area contributed by atoms with E-state index in [4.69, 9.17) is 16.3 Å². The van der Waals surface area contributed by atoms with Crippen LogP contribution in [0.15, 0.2) is 18.2 Å². The second-order valence-corrected chi connectivity index (χ2v) is 4.73. The summed E-state index contributed by atoms with van der Waals surface area (Å²) in [5, 5.41) is 2.88. The number of methoxy groups -OCH3 is 1. The molecule has 0 saturated carbocycles. The van der Waals surface area contributed by atoms with Crippen LogP contribution in [-0.4, -0.2) is 18.9 Å². The van der Waals surface area contributed by atoms with Crippen LogP contribution in [0.3, 0.4) is 0 Å². The van der Waals surface area contributed by atoms with Gasteiger partial charge in [-0.15, -0.1) is 0 Å². The van der Waals surface area contributed by atoms with E-state index in [2.05, 4.69) is 5.32 Å². The summed E-state index contributed by atoms with van der Waals surface area (Å²) < 4.78 is 5.07. The highest BCUT2D eigenvalue weighted by atomic mass is 35.5. The number of benzene rings is 1. The molecule has 1 fully saturated rings. The summed E-state index contributed by atoms with van der Waals surface area (Å²) >= 11 is 6.03. The zero-order valence-electron chi connectivity index (χ0n) is 10.0. The Labute approximate surface area is 110 Å². The second kappa shape index (κ2) is 5.40. The number of carbonyl (C=O) groups excluding carboxylic acids is 2. The van der Waals surface area contributed by atoms with Crippen molar-refractivity contribution in [1.82, 2.24) is 5.32 Å². The Morgan fingerprint density at radius 1 is 1.44 bits per heavy atom. The maximum Gasteiger partial charge on any atom is 0.230 e. The Bertz CT molecular complexity index is 487. The van der Waals surface area contributed by atoms with Crippen molar-refractivity contribution in [2.45, 2.75) is 19.3 Å². The molecule has 18 heavy (non-hydrogen) atoms. The van der Waals surface area contributed by atoms with Crippen LogP contribution in [0.5, 0.6) is 5.75 Å². The number of halogens is 1.